The second-order valence-electron chi connectivity index (χ2n) is 4.67. The standard InChI is InChI=1S/C16H11N5O2/c17-9-14(21-20-10-4-3-5-11(22)8-10)15-18-13-7-2-1-6-12(13)16(23)19-15/h1-8,20,22H,(H,18,19,23)/b21-14+. The van der Waals surface area contributed by atoms with Gasteiger partial charge in [-0.1, -0.05) is 18.2 Å². The summed E-state index contributed by atoms with van der Waals surface area (Å²) in [5.74, 6) is 0.143. The fourth-order valence-corrected chi connectivity index (χ4v) is 2.03. The fraction of sp³-hybridized carbons (Fsp3) is 0. The van der Waals surface area contributed by atoms with Crippen LogP contribution in [0, 0.1) is 11.3 Å². The maximum atomic E-state index is 12.0. The number of aromatic amines is 1. The van der Waals surface area contributed by atoms with Crippen LogP contribution >= 0.6 is 0 Å². The summed E-state index contributed by atoms with van der Waals surface area (Å²) in [7, 11) is 0. The molecular formula is C16H11N5O2. The predicted octanol–water partition coefficient (Wildman–Crippen LogP) is 1.97. The van der Waals surface area contributed by atoms with Gasteiger partial charge in [-0.05, 0) is 24.3 Å². The molecule has 0 atom stereocenters. The van der Waals surface area contributed by atoms with Gasteiger partial charge in [-0.3, -0.25) is 10.2 Å². The molecule has 3 aromatic rings. The Morgan fingerprint density at radius 2 is 2.09 bits per heavy atom. The van der Waals surface area contributed by atoms with Gasteiger partial charge >= 0.3 is 0 Å². The van der Waals surface area contributed by atoms with Crippen LogP contribution < -0.4 is 11.0 Å². The number of aromatic nitrogens is 2. The van der Waals surface area contributed by atoms with Gasteiger partial charge in [0.15, 0.2) is 5.82 Å². The number of hydrazone groups is 1. The number of rotatable bonds is 3. The molecule has 0 saturated carbocycles. The number of para-hydroxylation sites is 1. The van der Waals surface area contributed by atoms with Gasteiger partial charge in [0.1, 0.15) is 11.8 Å². The molecule has 7 nitrogen and oxygen atoms in total. The number of nitriles is 1. The highest BCUT2D eigenvalue weighted by atomic mass is 16.3. The van der Waals surface area contributed by atoms with Crippen LogP contribution in [0.15, 0.2) is 58.4 Å². The van der Waals surface area contributed by atoms with E-state index in [4.69, 9.17) is 0 Å². The topological polar surface area (TPSA) is 114 Å². The first kappa shape index (κ1) is 14.3. The van der Waals surface area contributed by atoms with Crippen molar-refractivity contribution in [1.29, 1.82) is 5.26 Å². The third-order valence-corrected chi connectivity index (χ3v) is 3.09. The minimum atomic E-state index is -0.342. The Balaban J connectivity index is 1.99. The van der Waals surface area contributed by atoms with E-state index in [9.17, 15) is 15.2 Å². The largest absolute Gasteiger partial charge is 0.508 e. The second-order valence-corrected chi connectivity index (χ2v) is 4.67. The Morgan fingerprint density at radius 1 is 1.26 bits per heavy atom. The summed E-state index contributed by atoms with van der Waals surface area (Å²) in [6.45, 7) is 0. The first-order chi connectivity index (χ1) is 11.2. The average Bonchev–Trinajstić information content (AvgIpc) is 2.56. The van der Waals surface area contributed by atoms with E-state index in [1.807, 2.05) is 6.07 Å². The summed E-state index contributed by atoms with van der Waals surface area (Å²) in [5, 5.41) is 23.0. The van der Waals surface area contributed by atoms with E-state index in [-0.39, 0.29) is 22.8 Å². The third kappa shape index (κ3) is 3.01. The molecule has 1 aromatic heterocycles. The third-order valence-electron chi connectivity index (χ3n) is 3.09. The van der Waals surface area contributed by atoms with E-state index in [1.165, 1.54) is 12.1 Å². The van der Waals surface area contributed by atoms with Gasteiger partial charge in [0.25, 0.3) is 5.56 Å². The first-order valence-electron chi connectivity index (χ1n) is 6.69. The van der Waals surface area contributed by atoms with E-state index >= 15 is 0 Å². The minimum absolute atomic E-state index is 0.0703. The van der Waals surface area contributed by atoms with E-state index < -0.39 is 0 Å². The molecular weight excluding hydrogens is 294 g/mol. The number of benzene rings is 2. The zero-order chi connectivity index (χ0) is 16.2. The molecule has 23 heavy (non-hydrogen) atoms. The fourth-order valence-electron chi connectivity index (χ4n) is 2.03. The van der Waals surface area contributed by atoms with Crippen molar-refractivity contribution >= 4 is 22.3 Å². The van der Waals surface area contributed by atoms with E-state index in [2.05, 4.69) is 20.5 Å². The molecule has 0 aliphatic heterocycles. The number of fused-ring (bicyclic) bond motifs is 1. The Morgan fingerprint density at radius 3 is 2.87 bits per heavy atom. The molecule has 0 spiro atoms. The van der Waals surface area contributed by atoms with Crippen LogP contribution in [0.5, 0.6) is 5.75 Å². The molecule has 3 rings (SSSR count). The molecule has 0 aliphatic carbocycles. The second kappa shape index (κ2) is 5.99. The van der Waals surface area contributed by atoms with Crippen molar-refractivity contribution in [3.05, 3.63) is 64.7 Å². The van der Waals surface area contributed by atoms with Crippen molar-refractivity contribution in [3.8, 4) is 11.8 Å². The van der Waals surface area contributed by atoms with Gasteiger partial charge in [-0.25, -0.2) is 4.98 Å². The molecule has 0 aliphatic rings. The van der Waals surface area contributed by atoms with Crippen LogP contribution in [0.3, 0.4) is 0 Å². The van der Waals surface area contributed by atoms with E-state index in [0.29, 0.717) is 16.6 Å². The summed E-state index contributed by atoms with van der Waals surface area (Å²) in [4.78, 5) is 18.8. The summed E-state index contributed by atoms with van der Waals surface area (Å²) in [6, 6.07) is 15.0. The maximum Gasteiger partial charge on any atom is 0.259 e. The van der Waals surface area contributed by atoms with Crippen molar-refractivity contribution in [2.24, 2.45) is 5.10 Å². The zero-order valence-corrected chi connectivity index (χ0v) is 11.8. The number of nitrogens with one attached hydrogen (secondary N) is 2. The van der Waals surface area contributed by atoms with E-state index in [0.717, 1.165) is 0 Å². The lowest BCUT2D eigenvalue weighted by Crippen LogP contribution is -2.16. The molecule has 0 radical (unpaired) electrons. The van der Waals surface area contributed by atoms with Crippen LogP contribution in [0.2, 0.25) is 0 Å². The lowest BCUT2D eigenvalue weighted by Gasteiger charge is -2.03. The number of aromatic hydroxyl groups is 1. The smallest absolute Gasteiger partial charge is 0.259 e. The van der Waals surface area contributed by atoms with Crippen LogP contribution in [-0.2, 0) is 0 Å². The van der Waals surface area contributed by atoms with Gasteiger partial charge in [0.2, 0.25) is 5.71 Å². The molecule has 1 heterocycles. The molecule has 0 saturated heterocycles. The molecule has 0 bridgehead atoms. The molecule has 2 aromatic carbocycles. The van der Waals surface area contributed by atoms with Gasteiger partial charge in [-0.2, -0.15) is 10.4 Å². The lowest BCUT2D eigenvalue weighted by molar-refractivity contribution is 0.475. The number of hydrogen-bond donors (Lipinski definition) is 3. The number of phenolic OH excluding ortho intramolecular Hbond substituents is 1. The normalized spacial score (nSPS) is 11.2. The summed E-state index contributed by atoms with van der Waals surface area (Å²) in [6.07, 6.45) is 0. The Hall–Kier alpha value is -3.66. The van der Waals surface area contributed by atoms with Gasteiger partial charge in [0, 0.05) is 6.07 Å². The first-order valence-corrected chi connectivity index (χ1v) is 6.69. The summed E-state index contributed by atoms with van der Waals surface area (Å²) < 4.78 is 0. The number of hydrogen-bond acceptors (Lipinski definition) is 6. The van der Waals surface area contributed by atoms with E-state index in [1.54, 1.807) is 36.4 Å². The molecule has 3 N–H and O–H groups in total. The molecule has 112 valence electrons. The molecule has 0 fully saturated rings. The highest BCUT2D eigenvalue weighted by molar-refractivity contribution is 6.10. The Labute approximate surface area is 130 Å². The van der Waals surface area contributed by atoms with Crippen molar-refractivity contribution in [2.45, 2.75) is 0 Å². The van der Waals surface area contributed by atoms with Crippen molar-refractivity contribution in [2.75, 3.05) is 5.43 Å². The van der Waals surface area contributed by atoms with Crippen molar-refractivity contribution < 1.29 is 5.11 Å². The summed E-state index contributed by atoms with van der Waals surface area (Å²) in [5.41, 5.74) is 3.21. The number of H-pyrrole nitrogens is 1. The monoisotopic (exact) mass is 305 g/mol. The number of phenols is 1. The maximum absolute atomic E-state index is 12.0. The lowest BCUT2D eigenvalue weighted by atomic mass is 10.2. The minimum Gasteiger partial charge on any atom is -0.508 e. The average molecular weight is 305 g/mol. The molecule has 0 amide bonds. The summed E-state index contributed by atoms with van der Waals surface area (Å²) >= 11 is 0. The quantitative estimate of drug-likeness (QED) is 0.505. The molecule has 7 heteroatoms. The van der Waals surface area contributed by atoms with Gasteiger partial charge < -0.3 is 10.1 Å². The zero-order valence-electron chi connectivity index (χ0n) is 11.8. The highest BCUT2D eigenvalue weighted by Crippen LogP contribution is 2.15. The van der Waals surface area contributed by atoms with Crippen LogP contribution in [0.1, 0.15) is 5.82 Å². The van der Waals surface area contributed by atoms with Crippen LogP contribution in [0.25, 0.3) is 10.9 Å². The van der Waals surface area contributed by atoms with Crippen molar-refractivity contribution in [1.82, 2.24) is 9.97 Å². The Bertz CT molecular complexity index is 1000. The number of anilines is 1. The SMILES string of the molecule is N#C/C(=N\Nc1cccc(O)c1)c1nc2ccccc2c(=O)[nH]1. The highest BCUT2D eigenvalue weighted by Gasteiger charge is 2.09. The van der Waals surface area contributed by atoms with Crippen LogP contribution in [0.4, 0.5) is 5.69 Å². The van der Waals surface area contributed by atoms with Crippen molar-refractivity contribution in [3.63, 3.8) is 0 Å². The number of nitrogens with zero attached hydrogens (tertiary/aromatic N) is 3. The van der Waals surface area contributed by atoms with Gasteiger partial charge in [-0.15, -0.1) is 0 Å². The van der Waals surface area contributed by atoms with Gasteiger partial charge in [0.05, 0.1) is 16.6 Å². The predicted molar refractivity (Wildman–Crippen MR) is 86.2 cm³/mol. The molecule has 0 unspecified atom stereocenters. The Kier molecular flexibility index (Phi) is 3.72. The van der Waals surface area contributed by atoms with Crippen LogP contribution in [-0.4, -0.2) is 20.8 Å².